The molecule has 130 valence electrons. The number of aryl methyl sites for hydroxylation is 2. The number of hydrogen-bond acceptors (Lipinski definition) is 4. The molecular formula is C16H27IN4OS. The molecule has 2 fully saturated rings. The van der Waals surface area contributed by atoms with Gasteiger partial charge < -0.3 is 15.4 Å². The van der Waals surface area contributed by atoms with Gasteiger partial charge >= 0.3 is 0 Å². The minimum atomic E-state index is 0. The van der Waals surface area contributed by atoms with Gasteiger partial charge in [0.1, 0.15) is 0 Å². The van der Waals surface area contributed by atoms with Gasteiger partial charge in [-0.2, -0.15) is 0 Å². The topological polar surface area (TPSA) is 58.5 Å². The van der Waals surface area contributed by atoms with Crippen LogP contribution in [0.1, 0.15) is 42.8 Å². The van der Waals surface area contributed by atoms with Crippen LogP contribution < -0.4 is 10.6 Å². The number of halogens is 1. The molecule has 5 nitrogen and oxygen atoms in total. The van der Waals surface area contributed by atoms with Crippen molar-refractivity contribution in [1.29, 1.82) is 0 Å². The molecule has 2 saturated heterocycles. The lowest BCUT2D eigenvalue weighted by Crippen LogP contribution is -2.47. The molecule has 0 aromatic carbocycles. The average Bonchev–Trinajstić information content (AvgIpc) is 3.22. The Bertz CT molecular complexity index is 522. The predicted octanol–water partition coefficient (Wildman–Crippen LogP) is 2.88. The van der Waals surface area contributed by atoms with Crippen LogP contribution in [0.2, 0.25) is 0 Å². The van der Waals surface area contributed by atoms with Crippen LogP contribution in [0.5, 0.6) is 0 Å². The number of thiazole rings is 1. The molecule has 23 heavy (non-hydrogen) atoms. The van der Waals surface area contributed by atoms with Gasteiger partial charge in [0.05, 0.1) is 23.3 Å². The minimum Gasteiger partial charge on any atom is -0.373 e. The summed E-state index contributed by atoms with van der Waals surface area (Å²) in [6, 6.07) is 0.434. The van der Waals surface area contributed by atoms with E-state index >= 15 is 0 Å². The first kappa shape index (κ1) is 18.9. The summed E-state index contributed by atoms with van der Waals surface area (Å²) < 4.78 is 5.87. The number of rotatable bonds is 6. The molecule has 3 rings (SSSR count). The fraction of sp³-hybridized carbons (Fsp3) is 0.750. The summed E-state index contributed by atoms with van der Waals surface area (Å²) in [4.78, 5) is 8.82. The third-order valence-corrected chi connectivity index (χ3v) is 5.45. The van der Waals surface area contributed by atoms with Crippen LogP contribution in [0.4, 0.5) is 0 Å². The Kier molecular flexibility index (Phi) is 7.55. The summed E-state index contributed by atoms with van der Waals surface area (Å²) in [5.74, 6) is 0.909. The normalized spacial score (nSPS) is 26.2. The molecule has 2 aliphatic rings. The summed E-state index contributed by atoms with van der Waals surface area (Å²) in [5.41, 5.74) is 1.14. The molecule has 3 unspecified atom stereocenters. The number of unbranched alkanes of at least 4 members (excludes halogenated alkanes) is 1. The zero-order chi connectivity index (χ0) is 15.4. The standard InChI is InChI=1S/C16H26N4OS.HI/c1-11-10-22-15(19-11)5-3-4-8-18-16(17-2)20-13-9-12-6-7-14(13)21-12;/h10,12-14H,3-9H2,1-2H3,(H2,17,18,20);1H. The summed E-state index contributed by atoms with van der Waals surface area (Å²) in [6.07, 6.45) is 7.76. The first-order valence-corrected chi connectivity index (χ1v) is 9.16. The molecule has 3 atom stereocenters. The van der Waals surface area contributed by atoms with Crippen LogP contribution in [-0.2, 0) is 11.2 Å². The quantitative estimate of drug-likeness (QED) is 0.303. The van der Waals surface area contributed by atoms with Crippen molar-refractivity contribution in [2.24, 2.45) is 4.99 Å². The van der Waals surface area contributed by atoms with Crippen LogP contribution in [0, 0.1) is 6.92 Å². The molecule has 1 aromatic rings. The van der Waals surface area contributed by atoms with Crippen molar-refractivity contribution >= 4 is 41.3 Å². The van der Waals surface area contributed by atoms with Crippen molar-refractivity contribution in [2.75, 3.05) is 13.6 Å². The SMILES string of the molecule is CN=C(NCCCCc1nc(C)cs1)NC1CC2CCC1O2.I. The lowest BCUT2D eigenvalue weighted by atomic mass is 9.96. The molecule has 3 heterocycles. The van der Waals surface area contributed by atoms with Gasteiger partial charge in [0, 0.05) is 24.7 Å². The van der Waals surface area contributed by atoms with Gasteiger partial charge in [-0.15, -0.1) is 35.3 Å². The Hall–Kier alpha value is -0.410. The number of hydrogen-bond donors (Lipinski definition) is 2. The van der Waals surface area contributed by atoms with E-state index in [1.807, 2.05) is 7.05 Å². The molecule has 2 aliphatic heterocycles. The van der Waals surface area contributed by atoms with E-state index in [2.05, 4.69) is 32.9 Å². The van der Waals surface area contributed by atoms with E-state index in [0.29, 0.717) is 18.2 Å². The molecule has 0 aliphatic carbocycles. The summed E-state index contributed by atoms with van der Waals surface area (Å²) in [5, 5.41) is 10.3. The van der Waals surface area contributed by atoms with E-state index < -0.39 is 0 Å². The Morgan fingerprint density at radius 1 is 1.43 bits per heavy atom. The van der Waals surface area contributed by atoms with Crippen molar-refractivity contribution in [2.45, 2.75) is 63.7 Å². The molecule has 1 aromatic heterocycles. The van der Waals surface area contributed by atoms with Crippen molar-refractivity contribution in [3.8, 4) is 0 Å². The number of nitrogens with zero attached hydrogens (tertiary/aromatic N) is 2. The van der Waals surface area contributed by atoms with Gasteiger partial charge in [-0.3, -0.25) is 4.99 Å². The molecule has 0 amide bonds. The second-order valence-electron chi connectivity index (χ2n) is 6.20. The van der Waals surface area contributed by atoms with E-state index in [9.17, 15) is 0 Å². The second kappa shape index (κ2) is 9.17. The minimum absolute atomic E-state index is 0. The zero-order valence-corrected chi connectivity index (χ0v) is 17.0. The highest BCUT2D eigenvalue weighted by Crippen LogP contribution is 2.34. The zero-order valence-electron chi connectivity index (χ0n) is 13.9. The first-order chi connectivity index (χ1) is 10.7. The maximum Gasteiger partial charge on any atom is 0.191 e. The fourth-order valence-electron chi connectivity index (χ4n) is 3.29. The fourth-order valence-corrected chi connectivity index (χ4v) is 4.10. The van der Waals surface area contributed by atoms with Gasteiger partial charge in [0.2, 0.25) is 0 Å². The average molecular weight is 450 g/mol. The maximum atomic E-state index is 5.87. The van der Waals surface area contributed by atoms with Gasteiger partial charge in [0.15, 0.2) is 5.96 Å². The van der Waals surface area contributed by atoms with Crippen molar-refractivity contribution in [3.05, 3.63) is 16.1 Å². The van der Waals surface area contributed by atoms with Crippen molar-refractivity contribution in [3.63, 3.8) is 0 Å². The smallest absolute Gasteiger partial charge is 0.191 e. The van der Waals surface area contributed by atoms with Crippen LogP contribution in [0.15, 0.2) is 10.4 Å². The predicted molar refractivity (Wildman–Crippen MR) is 106 cm³/mol. The van der Waals surface area contributed by atoms with Gasteiger partial charge in [-0.05, 0) is 45.4 Å². The first-order valence-electron chi connectivity index (χ1n) is 8.28. The highest BCUT2D eigenvalue weighted by atomic mass is 127. The van der Waals surface area contributed by atoms with E-state index in [4.69, 9.17) is 4.74 Å². The summed E-state index contributed by atoms with van der Waals surface area (Å²) in [6.45, 7) is 3.00. The number of aromatic nitrogens is 1. The lowest BCUT2D eigenvalue weighted by Gasteiger charge is -2.22. The molecule has 0 radical (unpaired) electrons. The Balaban J connectivity index is 0.00000192. The van der Waals surface area contributed by atoms with Gasteiger partial charge in [-0.1, -0.05) is 0 Å². The molecule has 2 bridgehead atoms. The van der Waals surface area contributed by atoms with Gasteiger partial charge in [-0.25, -0.2) is 4.98 Å². The highest BCUT2D eigenvalue weighted by molar-refractivity contribution is 14.0. The third-order valence-electron chi connectivity index (χ3n) is 4.43. The van der Waals surface area contributed by atoms with E-state index in [1.54, 1.807) is 11.3 Å². The molecule has 0 spiro atoms. The summed E-state index contributed by atoms with van der Waals surface area (Å²) in [7, 11) is 1.84. The maximum absolute atomic E-state index is 5.87. The molecule has 2 N–H and O–H groups in total. The largest absolute Gasteiger partial charge is 0.373 e. The third kappa shape index (κ3) is 5.29. The van der Waals surface area contributed by atoms with E-state index in [-0.39, 0.29) is 24.0 Å². The molecular weight excluding hydrogens is 423 g/mol. The summed E-state index contributed by atoms with van der Waals surface area (Å²) >= 11 is 1.77. The van der Waals surface area contributed by atoms with Crippen LogP contribution in [0.3, 0.4) is 0 Å². The van der Waals surface area contributed by atoms with Crippen molar-refractivity contribution in [1.82, 2.24) is 15.6 Å². The van der Waals surface area contributed by atoms with Crippen molar-refractivity contribution < 1.29 is 4.74 Å². The monoisotopic (exact) mass is 450 g/mol. The number of nitrogens with one attached hydrogen (secondary N) is 2. The Morgan fingerprint density at radius 2 is 2.30 bits per heavy atom. The van der Waals surface area contributed by atoms with Crippen LogP contribution >= 0.6 is 35.3 Å². The van der Waals surface area contributed by atoms with E-state index in [1.165, 1.54) is 17.8 Å². The molecule has 7 heteroatoms. The Labute approximate surface area is 159 Å². The van der Waals surface area contributed by atoms with Crippen LogP contribution in [-0.4, -0.2) is 42.8 Å². The Morgan fingerprint density at radius 3 is 2.91 bits per heavy atom. The molecule has 0 saturated carbocycles. The number of fused-ring (bicyclic) bond motifs is 2. The lowest BCUT2D eigenvalue weighted by molar-refractivity contribution is 0.0992. The van der Waals surface area contributed by atoms with E-state index in [0.717, 1.165) is 43.9 Å². The van der Waals surface area contributed by atoms with Gasteiger partial charge in [0.25, 0.3) is 0 Å². The number of ether oxygens (including phenoxy) is 1. The number of aliphatic imine (C=N–C) groups is 1. The van der Waals surface area contributed by atoms with Crippen LogP contribution in [0.25, 0.3) is 0 Å². The highest BCUT2D eigenvalue weighted by Gasteiger charge is 2.40. The number of guanidine groups is 1. The second-order valence-corrected chi connectivity index (χ2v) is 7.14.